The van der Waals surface area contributed by atoms with Crippen LogP contribution in [0.3, 0.4) is 0 Å². The normalized spacial score (nSPS) is 16.3. The maximum Gasteiger partial charge on any atom is 0.318 e. The lowest BCUT2D eigenvalue weighted by atomic mass is 10.0. The van der Waals surface area contributed by atoms with Crippen molar-refractivity contribution < 1.29 is 17.9 Å². The average molecular weight is 494 g/mol. The van der Waals surface area contributed by atoms with Crippen LogP contribution in [0.2, 0.25) is 5.02 Å². The number of nitrogens with two attached hydrogens (primary N) is 1. The van der Waals surface area contributed by atoms with Gasteiger partial charge in [-0.25, -0.2) is 18.2 Å². The van der Waals surface area contributed by atoms with Crippen LogP contribution in [0.4, 0.5) is 24.1 Å². The fourth-order valence-corrected chi connectivity index (χ4v) is 5.24. The van der Waals surface area contributed by atoms with Crippen LogP contribution in [0.25, 0.3) is 32.2 Å². The van der Waals surface area contributed by atoms with Gasteiger partial charge >= 0.3 is 6.01 Å². The second kappa shape index (κ2) is 8.18. The number of fused-ring (bicyclic) bond motifs is 2. The van der Waals surface area contributed by atoms with Gasteiger partial charge in [-0.3, -0.25) is 0 Å². The highest BCUT2D eigenvalue weighted by Crippen LogP contribution is 2.42. The number of hydrogen-bond acceptors (Lipinski definition) is 7. The third-order valence-electron chi connectivity index (χ3n) is 5.75. The van der Waals surface area contributed by atoms with Crippen molar-refractivity contribution in [2.45, 2.75) is 25.2 Å². The van der Waals surface area contributed by atoms with Crippen molar-refractivity contribution in [3.8, 4) is 17.1 Å². The highest BCUT2D eigenvalue weighted by molar-refractivity contribution is 7.22. The summed E-state index contributed by atoms with van der Waals surface area (Å²) in [5, 5.41) is 0.825. The highest BCUT2D eigenvalue weighted by Gasteiger charge is 2.33. The van der Waals surface area contributed by atoms with E-state index in [4.69, 9.17) is 22.1 Å². The van der Waals surface area contributed by atoms with Crippen LogP contribution in [0.1, 0.15) is 19.3 Å². The molecule has 0 bridgehead atoms. The maximum atomic E-state index is 16.0. The second-order valence-corrected chi connectivity index (χ2v) is 9.35. The van der Waals surface area contributed by atoms with Crippen LogP contribution < -0.4 is 15.4 Å². The Hall–Kier alpha value is -2.85. The summed E-state index contributed by atoms with van der Waals surface area (Å²) >= 11 is 7.88. The molecule has 1 saturated heterocycles. The summed E-state index contributed by atoms with van der Waals surface area (Å²) in [7, 11) is 1.37. The number of halogens is 4. The van der Waals surface area contributed by atoms with Crippen molar-refractivity contribution in [2.75, 3.05) is 30.8 Å². The first-order valence-electron chi connectivity index (χ1n) is 10.3. The Bertz CT molecular complexity index is 1380. The van der Waals surface area contributed by atoms with Gasteiger partial charge in [0.15, 0.2) is 10.9 Å². The van der Waals surface area contributed by atoms with Gasteiger partial charge in [0.05, 0.1) is 22.3 Å². The minimum Gasteiger partial charge on any atom is -0.467 e. The van der Waals surface area contributed by atoms with Gasteiger partial charge in [0.1, 0.15) is 11.3 Å². The van der Waals surface area contributed by atoms with E-state index in [9.17, 15) is 8.78 Å². The molecule has 0 spiro atoms. The highest BCUT2D eigenvalue weighted by atomic mass is 35.5. The van der Waals surface area contributed by atoms with Crippen molar-refractivity contribution >= 4 is 55.0 Å². The molecule has 0 saturated carbocycles. The summed E-state index contributed by atoms with van der Waals surface area (Å²) in [4.78, 5) is 14.6. The first kappa shape index (κ1) is 22.0. The lowest BCUT2D eigenvalue weighted by Gasteiger charge is -2.24. The van der Waals surface area contributed by atoms with E-state index in [-0.39, 0.29) is 47.9 Å². The van der Waals surface area contributed by atoms with E-state index in [1.807, 2.05) is 6.07 Å². The van der Waals surface area contributed by atoms with Gasteiger partial charge in [0, 0.05) is 42.4 Å². The van der Waals surface area contributed by atoms with Crippen LogP contribution in [-0.2, 0) is 0 Å². The maximum absolute atomic E-state index is 16.0. The number of nitrogen functional groups attached to an aromatic ring is 1. The molecule has 0 atom stereocenters. The molecule has 2 N–H and O–H groups in total. The van der Waals surface area contributed by atoms with Gasteiger partial charge in [-0.15, -0.1) is 0 Å². The molecule has 11 heteroatoms. The molecule has 6 nitrogen and oxygen atoms in total. The minimum atomic E-state index is -2.74. The molecule has 1 aliphatic rings. The molecule has 2 aromatic carbocycles. The molecule has 0 aliphatic carbocycles. The summed E-state index contributed by atoms with van der Waals surface area (Å²) in [6.45, 7) is 0.421. The standard InChI is InChI=1S/C22H19ClF3N5OS/c1-32-21-29-18-12(19(30-21)31-8-3-6-22(25,26)7-9-31)10-13(23)15(16(18)24)11-4-2-5-14-17(11)28-20(27)33-14/h2,4-5,10H,3,6-9H2,1H3,(H2,27,28). The number of thiazole rings is 1. The third kappa shape index (κ3) is 3.91. The Labute approximate surface area is 196 Å². The SMILES string of the molecule is COc1nc(N2CCCC(F)(F)CC2)c2cc(Cl)c(-c3cccc4sc(N)nc34)c(F)c2n1. The third-order valence-corrected chi connectivity index (χ3v) is 6.90. The zero-order valence-electron chi connectivity index (χ0n) is 17.5. The number of para-hydroxylation sites is 1. The first-order valence-corrected chi connectivity index (χ1v) is 11.5. The second-order valence-electron chi connectivity index (χ2n) is 7.88. The zero-order chi connectivity index (χ0) is 23.3. The van der Waals surface area contributed by atoms with Gasteiger partial charge < -0.3 is 15.4 Å². The van der Waals surface area contributed by atoms with E-state index in [1.165, 1.54) is 18.4 Å². The summed E-state index contributed by atoms with van der Waals surface area (Å²) in [6, 6.07) is 6.85. The molecule has 172 valence electrons. The number of alkyl halides is 2. The van der Waals surface area contributed by atoms with E-state index in [1.54, 1.807) is 23.1 Å². The zero-order valence-corrected chi connectivity index (χ0v) is 19.1. The van der Waals surface area contributed by atoms with Gasteiger partial charge in [0.2, 0.25) is 5.92 Å². The molecular formula is C22H19ClF3N5OS. The fraction of sp³-hybridized carbons (Fsp3) is 0.318. The van der Waals surface area contributed by atoms with Crippen molar-refractivity contribution in [2.24, 2.45) is 0 Å². The van der Waals surface area contributed by atoms with E-state index < -0.39 is 11.7 Å². The smallest absolute Gasteiger partial charge is 0.318 e. The van der Waals surface area contributed by atoms with Crippen molar-refractivity contribution in [3.05, 3.63) is 35.1 Å². The van der Waals surface area contributed by atoms with Crippen LogP contribution in [0, 0.1) is 5.82 Å². The molecule has 5 rings (SSSR count). The molecule has 0 radical (unpaired) electrons. The molecule has 1 fully saturated rings. The van der Waals surface area contributed by atoms with Crippen molar-refractivity contribution in [3.63, 3.8) is 0 Å². The van der Waals surface area contributed by atoms with Crippen molar-refractivity contribution in [1.29, 1.82) is 0 Å². The molecule has 4 aromatic rings. The van der Waals surface area contributed by atoms with Gasteiger partial charge in [-0.05, 0) is 18.6 Å². The number of rotatable bonds is 3. The van der Waals surface area contributed by atoms with Gasteiger partial charge in [-0.2, -0.15) is 9.97 Å². The fourth-order valence-electron chi connectivity index (χ4n) is 4.18. The monoisotopic (exact) mass is 493 g/mol. The van der Waals surface area contributed by atoms with E-state index in [2.05, 4.69) is 15.0 Å². The topological polar surface area (TPSA) is 77.2 Å². The lowest BCUT2D eigenvalue weighted by molar-refractivity contribution is -0.0102. The molecule has 33 heavy (non-hydrogen) atoms. The lowest BCUT2D eigenvalue weighted by Crippen LogP contribution is -2.27. The predicted molar refractivity (Wildman–Crippen MR) is 125 cm³/mol. The predicted octanol–water partition coefficient (Wildman–Crippen LogP) is 5.92. The number of ether oxygens (including phenoxy) is 1. The minimum absolute atomic E-state index is 0.00698. The quantitative estimate of drug-likeness (QED) is 0.382. The largest absolute Gasteiger partial charge is 0.467 e. The average Bonchev–Trinajstić information content (AvgIpc) is 3.07. The summed E-state index contributed by atoms with van der Waals surface area (Å²) in [5.41, 5.74) is 7.01. The molecule has 0 unspecified atom stereocenters. The summed E-state index contributed by atoms with van der Waals surface area (Å²) in [5.74, 6) is -3.09. The molecule has 2 aromatic heterocycles. The van der Waals surface area contributed by atoms with E-state index in [0.29, 0.717) is 34.0 Å². The number of hydrogen-bond donors (Lipinski definition) is 1. The Morgan fingerprint density at radius 2 is 1.97 bits per heavy atom. The Kier molecular flexibility index (Phi) is 5.44. The Morgan fingerprint density at radius 1 is 1.15 bits per heavy atom. The Morgan fingerprint density at radius 3 is 2.76 bits per heavy atom. The van der Waals surface area contributed by atoms with E-state index in [0.717, 1.165) is 4.70 Å². The van der Waals surface area contributed by atoms with Gasteiger partial charge in [0.25, 0.3) is 0 Å². The van der Waals surface area contributed by atoms with Crippen LogP contribution in [0.15, 0.2) is 24.3 Å². The molecular weight excluding hydrogens is 475 g/mol. The Balaban J connectivity index is 1.72. The van der Waals surface area contributed by atoms with Crippen LogP contribution in [0.5, 0.6) is 6.01 Å². The van der Waals surface area contributed by atoms with Crippen LogP contribution >= 0.6 is 22.9 Å². The first-order chi connectivity index (χ1) is 15.8. The number of methoxy groups -OCH3 is 1. The molecule has 3 heterocycles. The molecule has 0 amide bonds. The number of aromatic nitrogens is 3. The molecule has 1 aliphatic heterocycles. The van der Waals surface area contributed by atoms with Crippen molar-refractivity contribution in [1.82, 2.24) is 15.0 Å². The number of nitrogens with zero attached hydrogens (tertiary/aromatic N) is 4. The van der Waals surface area contributed by atoms with E-state index >= 15 is 4.39 Å². The number of benzene rings is 2. The van der Waals surface area contributed by atoms with Crippen LogP contribution in [-0.4, -0.2) is 41.1 Å². The summed E-state index contributed by atoms with van der Waals surface area (Å²) < 4.78 is 49.9. The summed E-state index contributed by atoms with van der Waals surface area (Å²) in [6.07, 6.45) is -0.242. The number of anilines is 2. The van der Waals surface area contributed by atoms with Gasteiger partial charge in [-0.1, -0.05) is 35.1 Å².